The molecule has 4 rings (SSSR count). The lowest BCUT2D eigenvalue weighted by Crippen LogP contribution is -2.40. The molecule has 3 aromatic rings. The lowest BCUT2D eigenvalue weighted by Gasteiger charge is -2.30. The summed E-state index contributed by atoms with van der Waals surface area (Å²) in [4.78, 5) is 32.5. The monoisotopic (exact) mass is 468 g/mol. The van der Waals surface area contributed by atoms with Gasteiger partial charge in [0.25, 0.3) is 0 Å². The summed E-state index contributed by atoms with van der Waals surface area (Å²) in [7, 11) is 0. The first-order chi connectivity index (χ1) is 16.1. The molecule has 1 amide bonds. The fourth-order valence-electron chi connectivity index (χ4n) is 3.76. The molecule has 8 nitrogen and oxygen atoms in total. The summed E-state index contributed by atoms with van der Waals surface area (Å²) >= 11 is 1.57. The SMILES string of the molecule is CCCCOC(=O)c1ccc(NC(=O)C2CCCN(Cc3nc(-c4cccs4)no3)C2)cc1. The fraction of sp³-hybridized carbons (Fsp3) is 0.417. The standard InChI is InChI=1S/C24H28N4O4S/c1-2-3-13-31-24(30)17-8-10-19(11-9-17)25-23(29)18-6-4-12-28(15-18)16-21-26-22(27-32-21)20-7-5-14-33-20/h5,7-11,14,18H,2-4,6,12-13,15-16H2,1H3,(H,25,29). The Kier molecular flexibility index (Phi) is 7.85. The van der Waals surface area contributed by atoms with Gasteiger partial charge in [-0.3, -0.25) is 9.69 Å². The minimum Gasteiger partial charge on any atom is -0.462 e. The van der Waals surface area contributed by atoms with Gasteiger partial charge in [-0.15, -0.1) is 11.3 Å². The summed E-state index contributed by atoms with van der Waals surface area (Å²) in [6.07, 6.45) is 3.57. The smallest absolute Gasteiger partial charge is 0.338 e. The lowest BCUT2D eigenvalue weighted by atomic mass is 9.97. The number of piperidine rings is 1. The van der Waals surface area contributed by atoms with Crippen molar-refractivity contribution in [3.8, 4) is 10.7 Å². The van der Waals surface area contributed by atoms with Crippen molar-refractivity contribution in [1.29, 1.82) is 0 Å². The number of thiophene rings is 1. The van der Waals surface area contributed by atoms with E-state index in [1.807, 2.05) is 24.4 Å². The molecule has 33 heavy (non-hydrogen) atoms. The van der Waals surface area contributed by atoms with Gasteiger partial charge in [-0.1, -0.05) is 24.6 Å². The molecule has 1 aliphatic rings. The van der Waals surface area contributed by atoms with Gasteiger partial charge >= 0.3 is 5.97 Å². The molecule has 174 valence electrons. The second kappa shape index (κ2) is 11.2. The van der Waals surface area contributed by atoms with E-state index in [4.69, 9.17) is 9.26 Å². The normalized spacial score (nSPS) is 16.5. The van der Waals surface area contributed by atoms with Crippen LogP contribution in [0.25, 0.3) is 10.7 Å². The zero-order valence-electron chi connectivity index (χ0n) is 18.7. The van der Waals surface area contributed by atoms with E-state index in [0.717, 1.165) is 37.1 Å². The predicted molar refractivity (Wildman–Crippen MR) is 126 cm³/mol. The van der Waals surface area contributed by atoms with E-state index >= 15 is 0 Å². The maximum absolute atomic E-state index is 12.8. The van der Waals surface area contributed by atoms with Crippen molar-refractivity contribution in [3.05, 3.63) is 53.2 Å². The van der Waals surface area contributed by atoms with Crippen LogP contribution in [-0.2, 0) is 16.1 Å². The molecular formula is C24H28N4O4S. The molecule has 3 heterocycles. The average molecular weight is 469 g/mol. The number of unbranched alkanes of at least 4 members (excludes halogenated alkanes) is 1. The number of nitrogens with zero attached hydrogens (tertiary/aromatic N) is 3. The highest BCUT2D eigenvalue weighted by Crippen LogP contribution is 2.24. The van der Waals surface area contributed by atoms with Crippen molar-refractivity contribution >= 4 is 28.9 Å². The molecule has 0 bridgehead atoms. The highest BCUT2D eigenvalue weighted by Gasteiger charge is 2.27. The number of anilines is 1. The number of carbonyl (C=O) groups excluding carboxylic acids is 2. The van der Waals surface area contributed by atoms with Gasteiger partial charge in [0.2, 0.25) is 17.6 Å². The largest absolute Gasteiger partial charge is 0.462 e. The maximum atomic E-state index is 12.8. The lowest BCUT2D eigenvalue weighted by molar-refractivity contribution is -0.121. The highest BCUT2D eigenvalue weighted by atomic mass is 32.1. The number of esters is 1. The zero-order chi connectivity index (χ0) is 23.0. The number of rotatable bonds is 9. The van der Waals surface area contributed by atoms with Gasteiger partial charge in [0.05, 0.1) is 29.5 Å². The molecule has 2 aromatic heterocycles. The van der Waals surface area contributed by atoms with Gasteiger partial charge in [-0.25, -0.2) is 4.79 Å². The Labute approximate surface area is 196 Å². The summed E-state index contributed by atoms with van der Waals surface area (Å²) in [5, 5.41) is 9.01. The molecule has 0 radical (unpaired) electrons. The predicted octanol–water partition coefficient (Wildman–Crippen LogP) is 4.61. The van der Waals surface area contributed by atoms with Gasteiger partial charge in [0.15, 0.2) is 0 Å². The van der Waals surface area contributed by atoms with Gasteiger partial charge in [0.1, 0.15) is 0 Å². The second-order valence-electron chi connectivity index (χ2n) is 8.12. The summed E-state index contributed by atoms with van der Waals surface area (Å²) in [5.74, 6) is 0.664. The van der Waals surface area contributed by atoms with E-state index in [2.05, 4.69) is 20.4 Å². The summed E-state index contributed by atoms with van der Waals surface area (Å²) in [6, 6.07) is 10.7. The summed E-state index contributed by atoms with van der Waals surface area (Å²) in [5.41, 5.74) is 1.15. The van der Waals surface area contributed by atoms with Crippen molar-refractivity contribution in [2.24, 2.45) is 5.92 Å². The third-order valence-corrected chi connectivity index (χ3v) is 6.43. The second-order valence-corrected chi connectivity index (χ2v) is 9.07. The maximum Gasteiger partial charge on any atom is 0.338 e. The fourth-order valence-corrected chi connectivity index (χ4v) is 4.41. The van der Waals surface area contributed by atoms with E-state index in [1.54, 1.807) is 35.6 Å². The molecule has 1 aliphatic heterocycles. The van der Waals surface area contributed by atoms with Crippen LogP contribution in [0, 0.1) is 5.92 Å². The number of aromatic nitrogens is 2. The van der Waals surface area contributed by atoms with E-state index < -0.39 is 0 Å². The molecule has 1 unspecified atom stereocenters. The molecule has 9 heteroatoms. The first-order valence-electron chi connectivity index (χ1n) is 11.3. The van der Waals surface area contributed by atoms with Crippen LogP contribution in [0.3, 0.4) is 0 Å². The van der Waals surface area contributed by atoms with Crippen molar-refractivity contribution in [2.75, 3.05) is 25.0 Å². The Balaban J connectivity index is 1.28. The molecule has 1 fully saturated rings. The number of likely N-dealkylation sites (tertiary alicyclic amines) is 1. The third kappa shape index (κ3) is 6.27. The first kappa shape index (κ1) is 23.1. The highest BCUT2D eigenvalue weighted by molar-refractivity contribution is 7.13. The first-order valence-corrected chi connectivity index (χ1v) is 12.2. The van der Waals surface area contributed by atoms with Crippen LogP contribution in [0.15, 0.2) is 46.3 Å². The molecule has 0 aliphatic carbocycles. The van der Waals surface area contributed by atoms with Crippen molar-refractivity contribution in [3.63, 3.8) is 0 Å². The van der Waals surface area contributed by atoms with E-state index in [-0.39, 0.29) is 17.8 Å². The number of ether oxygens (including phenoxy) is 1. The van der Waals surface area contributed by atoms with Crippen LogP contribution in [0.2, 0.25) is 0 Å². The Morgan fingerprint density at radius 1 is 1.27 bits per heavy atom. The minimum absolute atomic E-state index is 0.0252. The molecule has 0 spiro atoms. The molecule has 1 atom stereocenters. The van der Waals surface area contributed by atoms with Crippen molar-refractivity contribution in [1.82, 2.24) is 15.0 Å². The van der Waals surface area contributed by atoms with Gasteiger partial charge in [-0.05, 0) is 61.5 Å². The van der Waals surface area contributed by atoms with Gasteiger partial charge in [0, 0.05) is 12.2 Å². The van der Waals surface area contributed by atoms with Crippen LogP contribution in [0.1, 0.15) is 48.9 Å². The van der Waals surface area contributed by atoms with Crippen LogP contribution in [-0.4, -0.2) is 46.6 Å². The van der Waals surface area contributed by atoms with Crippen LogP contribution in [0.4, 0.5) is 5.69 Å². The van der Waals surface area contributed by atoms with E-state index in [0.29, 0.717) is 42.7 Å². The number of nitrogens with one attached hydrogen (secondary N) is 1. The Hall–Kier alpha value is -3.04. The van der Waals surface area contributed by atoms with E-state index in [9.17, 15) is 9.59 Å². The molecular weight excluding hydrogens is 440 g/mol. The number of benzene rings is 1. The van der Waals surface area contributed by atoms with Gasteiger partial charge < -0.3 is 14.6 Å². The van der Waals surface area contributed by atoms with Crippen LogP contribution >= 0.6 is 11.3 Å². The number of carbonyl (C=O) groups is 2. The Morgan fingerprint density at radius 2 is 2.12 bits per heavy atom. The number of hydrogen-bond acceptors (Lipinski definition) is 8. The topological polar surface area (TPSA) is 97.6 Å². The molecule has 1 saturated heterocycles. The van der Waals surface area contributed by atoms with Crippen molar-refractivity contribution < 1.29 is 18.8 Å². The van der Waals surface area contributed by atoms with Crippen LogP contribution < -0.4 is 5.32 Å². The quantitative estimate of drug-likeness (QED) is 0.362. The Morgan fingerprint density at radius 3 is 2.88 bits per heavy atom. The zero-order valence-corrected chi connectivity index (χ0v) is 19.5. The van der Waals surface area contributed by atoms with E-state index in [1.165, 1.54) is 0 Å². The Bertz CT molecular complexity index is 1050. The van der Waals surface area contributed by atoms with Gasteiger partial charge in [-0.2, -0.15) is 4.98 Å². The number of hydrogen-bond donors (Lipinski definition) is 1. The third-order valence-electron chi connectivity index (χ3n) is 5.56. The minimum atomic E-state index is -0.340. The summed E-state index contributed by atoms with van der Waals surface area (Å²) in [6.45, 7) is 4.51. The molecule has 0 saturated carbocycles. The summed E-state index contributed by atoms with van der Waals surface area (Å²) < 4.78 is 10.6. The molecule has 1 N–H and O–H groups in total. The molecule has 1 aromatic carbocycles. The number of amides is 1. The average Bonchev–Trinajstić information content (AvgIpc) is 3.52. The van der Waals surface area contributed by atoms with Crippen molar-refractivity contribution in [2.45, 2.75) is 39.2 Å². The van der Waals surface area contributed by atoms with Crippen LogP contribution in [0.5, 0.6) is 0 Å².